The van der Waals surface area contributed by atoms with E-state index in [9.17, 15) is 9.59 Å². The Morgan fingerprint density at radius 1 is 1.36 bits per heavy atom. The van der Waals surface area contributed by atoms with Crippen LogP contribution in [0.5, 0.6) is 0 Å². The fourth-order valence-electron chi connectivity index (χ4n) is 2.52. The molecule has 1 fully saturated rings. The van der Waals surface area contributed by atoms with Crippen molar-refractivity contribution in [3.05, 3.63) is 41.7 Å². The second-order valence-corrected chi connectivity index (χ2v) is 5.34. The highest BCUT2D eigenvalue weighted by molar-refractivity contribution is 5.92. The van der Waals surface area contributed by atoms with Crippen LogP contribution in [0.2, 0.25) is 0 Å². The minimum atomic E-state index is -0.220. The second kappa shape index (κ2) is 6.05. The van der Waals surface area contributed by atoms with Gasteiger partial charge in [0.2, 0.25) is 0 Å². The number of hydrogen-bond donors (Lipinski definition) is 1. The number of carbonyl (C=O) groups is 2. The van der Waals surface area contributed by atoms with Gasteiger partial charge in [0.05, 0.1) is 6.26 Å². The Morgan fingerprint density at radius 2 is 2.14 bits per heavy atom. The van der Waals surface area contributed by atoms with Gasteiger partial charge in [0, 0.05) is 25.2 Å². The van der Waals surface area contributed by atoms with Gasteiger partial charge in [-0.3, -0.25) is 9.59 Å². The molecule has 3 rings (SSSR count). The van der Waals surface area contributed by atoms with E-state index in [1.165, 1.54) is 6.26 Å². The lowest BCUT2D eigenvalue weighted by Crippen LogP contribution is -2.46. The second-order valence-electron chi connectivity index (χ2n) is 5.34. The van der Waals surface area contributed by atoms with Gasteiger partial charge >= 0.3 is 0 Å². The van der Waals surface area contributed by atoms with Crippen molar-refractivity contribution < 1.29 is 18.5 Å². The van der Waals surface area contributed by atoms with E-state index in [2.05, 4.69) is 10.5 Å². The molecule has 1 N–H and O–H groups in total. The fraction of sp³-hybridized carbons (Fsp3) is 0.400. The number of nitrogens with one attached hydrogen (secondary N) is 1. The topological polar surface area (TPSA) is 88.6 Å². The van der Waals surface area contributed by atoms with Gasteiger partial charge in [-0.05, 0) is 31.9 Å². The molecule has 1 aliphatic rings. The molecule has 0 aromatic carbocycles. The highest BCUT2D eigenvalue weighted by Crippen LogP contribution is 2.15. The first-order chi connectivity index (χ1) is 10.6. The van der Waals surface area contributed by atoms with Crippen molar-refractivity contribution in [2.75, 3.05) is 13.1 Å². The van der Waals surface area contributed by atoms with Crippen molar-refractivity contribution in [1.29, 1.82) is 0 Å². The van der Waals surface area contributed by atoms with Gasteiger partial charge in [-0.15, -0.1) is 0 Å². The van der Waals surface area contributed by atoms with E-state index >= 15 is 0 Å². The number of carbonyl (C=O) groups excluding carboxylic acids is 2. The largest absolute Gasteiger partial charge is 0.459 e. The van der Waals surface area contributed by atoms with Gasteiger partial charge in [-0.25, -0.2) is 0 Å². The molecule has 0 unspecified atom stereocenters. The molecular formula is C15H17N3O4. The predicted octanol–water partition coefficient (Wildman–Crippen LogP) is 1.61. The number of amides is 2. The maximum Gasteiger partial charge on any atom is 0.287 e. The summed E-state index contributed by atoms with van der Waals surface area (Å²) in [5, 5.41) is 6.66. The molecule has 7 heteroatoms. The number of piperidine rings is 1. The van der Waals surface area contributed by atoms with Crippen molar-refractivity contribution in [1.82, 2.24) is 15.4 Å². The molecule has 0 spiro atoms. The van der Waals surface area contributed by atoms with Crippen LogP contribution in [0.25, 0.3) is 0 Å². The maximum atomic E-state index is 12.2. The summed E-state index contributed by atoms with van der Waals surface area (Å²) in [5.41, 5.74) is 0.329. The van der Waals surface area contributed by atoms with Crippen LogP contribution < -0.4 is 5.32 Å². The standard InChI is InChI=1S/C15H17N3O4/c1-10-9-12(17-22-10)15(20)18-6-4-11(5-7-18)16-14(19)13-3-2-8-21-13/h2-3,8-9,11H,4-7H2,1H3,(H,16,19). The lowest BCUT2D eigenvalue weighted by molar-refractivity contribution is 0.0686. The summed E-state index contributed by atoms with van der Waals surface area (Å²) in [6, 6.07) is 4.98. The molecule has 2 aromatic rings. The summed E-state index contributed by atoms with van der Waals surface area (Å²) >= 11 is 0. The number of aryl methyl sites for hydroxylation is 1. The van der Waals surface area contributed by atoms with Crippen LogP contribution in [-0.2, 0) is 0 Å². The van der Waals surface area contributed by atoms with Crippen LogP contribution in [0.4, 0.5) is 0 Å². The molecule has 7 nitrogen and oxygen atoms in total. The molecule has 22 heavy (non-hydrogen) atoms. The first-order valence-corrected chi connectivity index (χ1v) is 7.20. The van der Waals surface area contributed by atoms with Gasteiger partial charge in [0.15, 0.2) is 11.5 Å². The van der Waals surface area contributed by atoms with E-state index in [0.717, 1.165) is 0 Å². The molecule has 3 heterocycles. The number of furan rings is 1. The SMILES string of the molecule is Cc1cc(C(=O)N2CCC(NC(=O)c3ccco3)CC2)no1. The zero-order valence-electron chi connectivity index (χ0n) is 12.2. The smallest absolute Gasteiger partial charge is 0.287 e. The number of aromatic nitrogens is 1. The normalized spacial score (nSPS) is 15.8. The molecular weight excluding hydrogens is 286 g/mol. The minimum absolute atomic E-state index is 0.0423. The third-order valence-corrected chi connectivity index (χ3v) is 3.71. The van der Waals surface area contributed by atoms with Crippen molar-refractivity contribution in [2.24, 2.45) is 0 Å². The Hall–Kier alpha value is -2.57. The Morgan fingerprint density at radius 3 is 2.73 bits per heavy atom. The molecule has 0 radical (unpaired) electrons. The summed E-state index contributed by atoms with van der Waals surface area (Å²) in [6.07, 6.45) is 2.88. The van der Waals surface area contributed by atoms with E-state index in [-0.39, 0.29) is 17.9 Å². The summed E-state index contributed by atoms with van der Waals surface area (Å²) in [5.74, 6) is 0.565. The lowest BCUT2D eigenvalue weighted by Gasteiger charge is -2.31. The van der Waals surface area contributed by atoms with Crippen LogP contribution in [0.1, 0.15) is 39.6 Å². The average molecular weight is 303 g/mol. The van der Waals surface area contributed by atoms with Gasteiger partial charge in [-0.1, -0.05) is 5.16 Å². The highest BCUT2D eigenvalue weighted by atomic mass is 16.5. The van der Waals surface area contributed by atoms with Crippen molar-refractivity contribution in [3.63, 3.8) is 0 Å². The molecule has 0 atom stereocenters. The zero-order chi connectivity index (χ0) is 15.5. The summed E-state index contributed by atoms with van der Waals surface area (Å²) < 4.78 is 9.99. The Kier molecular flexibility index (Phi) is 3.95. The van der Waals surface area contributed by atoms with Gasteiger partial charge in [0.25, 0.3) is 11.8 Å². The third-order valence-electron chi connectivity index (χ3n) is 3.71. The molecule has 2 amide bonds. The molecule has 0 bridgehead atoms. The van der Waals surface area contributed by atoms with Crippen molar-refractivity contribution in [2.45, 2.75) is 25.8 Å². The van der Waals surface area contributed by atoms with E-state index in [1.54, 1.807) is 30.0 Å². The van der Waals surface area contributed by atoms with Crippen molar-refractivity contribution in [3.8, 4) is 0 Å². The predicted molar refractivity (Wildman–Crippen MR) is 76.3 cm³/mol. The average Bonchev–Trinajstić information content (AvgIpc) is 3.18. The van der Waals surface area contributed by atoms with Gasteiger partial charge in [0.1, 0.15) is 5.76 Å². The highest BCUT2D eigenvalue weighted by Gasteiger charge is 2.26. The zero-order valence-corrected chi connectivity index (χ0v) is 12.2. The Bertz CT molecular complexity index is 654. The van der Waals surface area contributed by atoms with Crippen molar-refractivity contribution >= 4 is 11.8 Å². The molecule has 1 aliphatic heterocycles. The number of hydrogen-bond acceptors (Lipinski definition) is 5. The summed E-state index contributed by atoms with van der Waals surface area (Å²) in [4.78, 5) is 25.9. The minimum Gasteiger partial charge on any atom is -0.459 e. The Labute approximate surface area is 127 Å². The van der Waals surface area contributed by atoms with Crippen LogP contribution in [0.3, 0.4) is 0 Å². The summed E-state index contributed by atoms with van der Waals surface area (Å²) in [7, 11) is 0. The fourth-order valence-corrected chi connectivity index (χ4v) is 2.52. The van der Waals surface area contributed by atoms with Crippen LogP contribution in [0.15, 0.2) is 33.4 Å². The van der Waals surface area contributed by atoms with E-state index in [0.29, 0.717) is 43.1 Å². The molecule has 2 aromatic heterocycles. The quantitative estimate of drug-likeness (QED) is 0.930. The van der Waals surface area contributed by atoms with Crippen LogP contribution in [-0.4, -0.2) is 41.0 Å². The van der Waals surface area contributed by atoms with Gasteiger partial charge < -0.3 is 19.2 Å². The number of rotatable bonds is 3. The lowest BCUT2D eigenvalue weighted by atomic mass is 10.0. The number of nitrogens with zero attached hydrogens (tertiary/aromatic N) is 2. The first kappa shape index (κ1) is 14.4. The van der Waals surface area contributed by atoms with Gasteiger partial charge in [-0.2, -0.15) is 0 Å². The molecule has 0 aliphatic carbocycles. The van der Waals surface area contributed by atoms with Crippen LogP contribution >= 0.6 is 0 Å². The third kappa shape index (κ3) is 3.03. The van der Waals surface area contributed by atoms with Crippen LogP contribution in [0, 0.1) is 6.92 Å². The first-order valence-electron chi connectivity index (χ1n) is 7.20. The maximum absolute atomic E-state index is 12.2. The molecule has 1 saturated heterocycles. The van der Waals surface area contributed by atoms with E-state index in [4.69, 9.17) is 8.94 Å². The van der Waals surface area contributed by atoms with E-state index < -0.39 is 0 Å². The van der Waals surface area contributed by atoms with E-state index in [1.807, 2.05) is 0 Å². The molecule has 116 valence electrons. The number of likely N-dealkylation sites (tertiary alicyclic amines) is 1. The summed E-state index contributed by atoms with van der Waals surface area (Å²) in [6.45, 7) is 2.90. The monoisotopic (exact) mass is 303 g/mol. The molecule has 0 saturated carbocycles. The Balaban J connectivity index is 1.52.